The zero-order valence-corrected chi connectivity index (χ0v) is 9.04. The minimum Gasteiger partial charge on any atom is -0.239 e. The van der Waals surface area contributed by atoms with Crippen molar-refractivity contribution < 1.29 is 26.3 Å². The van der Waals surface area contributed by atoms with Gasteiger partial charge >= 0.3 is 12.4 Å². The smallest absolute Gasteiger partial charge is 0.239 e. The molecule has 8 heteroatoms. The second-order valence-electron chi connectivity index (χ2n) is 2.88. The maximum Gasteiger partial charge on any atom is 0.433 e. The van der Waals surface area contributed by atoms with Crippen LogP contribution >= 0.6 is 15.9 Å². The van der Waals surface area contributed by atoms with Crippen molar-refractivity contribution in [2.24, 2.45) is 0 Å². The highest BCUT2D eigenvalue weighted by atomic mass is 79.9. The van der Waals surface area contributed by atoms with Gasteiger partial charge in [-0.05, 0) is 17.7 Å². The quantitative estimate of drug-likeness (QED) is 0.564. The van der Waals surface area contributed by atoms with Crippen LogP contribution in [-0.4, -0.2) is 4.98 Å². The number of halogens is 7. The fourth-order valence-corrected chi connectivity index (χ4v) is 1.28. The van der Waals surface area contributed by atoms with Gasteiger partial charge in [0, 0.05) is 5.33 Å². The van der Waals surface area contributed by atoms with E-state index in [1.54, 1.807) is 0 Å². The normalized spacial score (nSPS) is 12.9. The van der Waals surface area contributed by atoms with Crippen molar-refractivity contribution in [1.29, 1.82) is 0 Å². The molecule has 0 spiro atoms. The van der Waals surface area contributed by atoms with Crippen LogP contribution in [-0.2, 0) is 17.7 Å². The largest absolute Gasteiger partial charge is 0.433 e. The van der Waals surface area contributed by atoms with Crippen LogP contribution in [0.1, 0.15) is 17.0 Å². The summed E-state index contributed by atoms with van der Waals surface area (Å²) < 4.78 is 73.4. The van der Waals surface area contributed by atoms with Gasteiger partial charge in [0.15, 0.2) is 0 Å². The van der Waals surface area contributed by atoms with Crippen molar-refractivity contribution in [3.05, 3.63) is 29.1 Å². The van der Waals surface area contributed by atoms with E-state index in [9.17, 15) is 26.3 Å². The average molecular weight is 308 g/mol. The maximum atomic E-state index is 12.2. The van der Waals surface area contributed by atoms with Crippen molar-refractivity contribution >= 4 is 15.9 Å². The van der Waals surface area contributed by atoms with Crippen LogP contribution in [0.4, 0.5) is 26.3 Å². The minimum absolute atomic E-state index is 0.109. The van der Waals surface area contributed by atoms with E-state index in [2.05, 4.69) is 20.9 Å². The summed E-state index contributed by atoms with van der Waals surface area (Å²) in [5.41, 5.74) is -3.22. The zero-order chi connectivity index (χ0) is 12.6. The van der Waals surface area contributed by atoms with Gasteiger partial charge in [-0.25, -0.2) is 4.98 Å². The standard InChI is InChI=1S/C8H4BrF6N/c9-3-4-1-5(7(10,11)12)16-6(2-4)8(13,14)15/h1-2H,3H2. The molecule has 1 rings (SSSR count). The molecule has 0 bridgehead atoms. The summed E-state index contributed by atoms with van der Waals surface area (Å²) in [6.07, 6.45) is -9.78. The maximum absolute atomic E-state index is 12.2. The molecular weight excluding hydrogens is 304 g/mol. The molecular formula is C8H4BrF6N. The molecule has 0 saturated carbocycles. The molecule has 16 heavy (non-hydrogen) atoms. The Morgan fingerprint density at radius 3 is 1.56 bits per heavy atom. The number of hydrogen-bond acceptors (Lipinski definition) is 1. The molecule has 1 aromatic rings. The zero-order valence-electron chi connectivity index (χ0n) is 7.45. The van der Waals surface area contributed by atoms with E-state index in [4.69, 9.17) is 0 Å². The lowest BCUT2D eigenvalue weighted by Crippen LogP contribution is -2.15. The van der Waals surface area contributed by atoms with Gasteiger partial charge in [0.1, 0.15) is 11.4 Å². The van der Waals surface area contributed by atoms with Gasteiger partial charge in [-0.3, -0.25) is 0 Å². The Labute approximate surface area is 94.6 Å². The van der Waals surface area contributed by atoms with E-state index in [1.807, 2.05) is 0 Å². The molecule has 0 atom stereocenters. The monoisotopic (exact) mass is 307 g/mol. The SMILES string of the molecule is FC(F)(F)c1cc(CBr)cc(C(F)(F)F)n1. The number of pyridine rings is 1. The lowest BCUT2D eigenvalue weighted by molar-refractivity contribution is -0.150. The number of hydrogen-bond donors (Lipinski definition) is 0. The van der Waals surface area contributed by atoms with Gasteiger partial charge in [0.2, 0.25) is 0 Å². The average Bonchev–Trinajstić information content (AvgIpc) is 2.14. The topological polar surface area (TPSA) is 12.9 Å². The first kappa shape index (κ1) is 13.3. The number of alkyl halides is 7. The van der Waals surface area contributed by atoms with Gasteiger partial charge < -0.3 is 0 Å². The first-order valence-electron chi connectivity index (χ1n) is 3.86. The van der Waals surface area contributed by atoms with Crippen LogP contribution in [0, 0.1) is 0 Å². The molecule has 0 aromatic carbocycles. The Morgan fingerprint density at radius 2 is 1.31 bits per heavy atom. The number of rotatable bonds is 1. The summed E-state index contributed by atoms with van der Waals surface area (Å²) in [6, 6.07) is 1.15. The van der Waals surface area contributed by atoms with Crippen molar-refractivity contribution in [3.8, 4) is 0 Å². The van der Waals surface area contributed by atoms with Crippen LogP contribution < -0.4 is 0 Å². The third kappa shape index (κ3) is 3.10. The summed E-state index contributed by atoms with van der Waals surface area (Å²) in [6.45, 7) is 0. The van der Waals surface area contributed by atoms with Crippen molar-refractivity contribution in [3.63, 3.8) is 0 Å². The Balaban J connectivity index is 3.33. The summed E-state index contributed by atoms with van der Waals surface area (Å²) >= 11 is 2.80. The van der Waals surface area contributed by atoms with Crippen LogP contribution in [0.25, 0.3) is 0 Å². The highest BCUT2D eigenvalue weighted by Crippen LogP contribution is 2.33. The summed E-state index contributed by atoms with van der Waals surface area (Å²) in [5, 5.41) is -0.109. The molecule has 0 aliphatic carbocycles. The van der Waals surface area contributed by atoms with Crippen LogP contribution in [0.3, 0.4) is 0 Å². The molecule has 0 unspecified atom stereocenters. The molecule has 0 aliphatic rings. The molecule has 1 nitrogen and oxygen atoms in total. The number of aromatic nitrogens is 1. The van der Waals surface area contributed by atoms with Crippen LogP contribution in [0.5, 0.6) is 0 Å². The predicted octanol–water partition coefficient (Wildman–Crippen LogP) is 4.01. The molecule has 0 radical (unpaired) electrons. The van der Waals surface area contributed by atoms with Gasteiger partial charge in [-0.15, -0.1) is 0 Å². The third-order valence-corrected chi connectivity index (χ3v) is 2.27. The van der Waals surface area contributed by atoms with Gasteiger partial charge in [-0.1, -0.05) is 15.9 Å². The van der Waals surface area contributed by atoms with Crippen molar-refractivity contribution in [1.82, 2.24) is 4.98 Å². The first-order valence-corrected chi connectivity index (χ1v) is 4.98. The molecule has 0 aliphatic heterocycles. The molecule has 1 aromatic heterocycles. The van der Waals surface area contributed by atoms with E-state index in [0.717, 1.165) is 0 Å². The number of nitrogens with zero attached hydrogens (tertiary/aromatic N) is 1. The van der Waals surface area contributed by atoms with Gasteiger partial charge in [0.05, 0.1) is 0 Å². The molecule has 90 valence electrons. The second kappa shape index (κ2) is 4.23. The predicted molar refractivity (Wildman–Crippen MR) is 46.9 cm³/mol. The Bertz CT molecular complexity index is 351. The second-order valence-corrected chi connectivity index (χ2v) is 3.44. The Hall–Kier alpha value is -0.790. The highest BCUT2D eigenvalue weighted by Gasteiger charge is 2.38. The highest BCUT2D eigenvalue weighted by molar-refractivity contribution is 9.08. The van der Waals surface area contributed by atoms with E-state index >= 15 is 0 Å². The fraction of sp³-hybridized carbons (Fsp3) is 0.375. The molecule has 0 saturated heterocycles. The van der Waals surface area contributed by atoms with Crippen molar-refractivity contribution in [2.75, 3.05) is 0 Å². The van der Waals surface area contributed by atoms with E-state index in [1.165, 1.54) is 0 Å². The fourth-order valence-electron chi connectivity index (χ4n) is 0.955. The van der Waals surface area contributed by atoms with E-state index in [-0.39, 0.29) is 10.9 Å². The van der Waals surface area contributed by atoms with Gasteiger partial charge in [0.25, 0.3) is 0 Å². The lowest BCUT2D eigenvalue weighted by Gasteiger charge is -2.11. The Morgan fingerprint density at radius 1 is 0.938 bits per heavy atom. The van der Waals surface area contributed by atoms with Crippen LogP contribution in [0.2, 0.25) is 0 Å². The molecule has 0 N–H and O–H groups in total. The van der Waals surface area contributed by atoms with E-state index in [0.29, 0.717) is 12.1 Å². The summed E-state index contributed by atoms with van der Waals surface area (Å²) in [4.78, 5) is 2.55. The minimum atomic E-state index is -4.89. The lowest BCUT2D eigenvalue weighted by atomic mass is 10.2. The third-order valence-electron chi connectivity index (χ3n) is 1.62. The van der Waals surface area contributed by atoms with Gasteiger partial charge in [-0.2, -0.15) is 26.3 Å². The molecule has 1 heterocycles. The van der Waals surface area contributed by atoms with E-state index < -0.39 is 23.7 Å². The summed E-state index contributed by atoms with van der Waals surface area (Å²) in [7, 11) is 0. The van der Waals surface area contributed by atoms with Crippen molar-refractivity contribution in [2.45, 2.75) is 17.7 Å². The first-order chi connectivity index (χ1) is 7.14. The van der Waals surface area contributed by atoms with Crippen LogP contribution in [0.15, 0.2) is 12.1 Å². The Kier molecular flexibility index (Phi) is 3.51. The molecule has 0 fully saturated rings. The molecule has 0 amide bonds. The summed E-state index contributed by atoms with van der Waals surface area (Å²) in [5.74, 6) is 0.